The van der Waals surface area contributed by atoms with E-state index < -0.39 is 0 Å². The Kier molecular flexibility index (Phi) is 4.56. The number of ether oxygens (including phenoxy) is 1. The lowest BCUT2D eigenvalue weighted by Gasteiger charge is -2.23. The number of rotatable bonds is 5. The van der Waals surface area contributed by atoms with Crippen LogP contribution >= 0.6 is 15.9 Å². The second-order valence-electron chi connectivity index (χ2n) is 4.16. The van der Waals surface area contributed by atoms with Crippen LogP contribution in [0.25, 0.3) is 0 Å². The molecule has 16 heavy (non-hydrogen) atoms. The van der Waals surface area contributed by atoms with Gasteiger partial charge in [-0.05, 0) is 40.0 Å². The van der Waals surface area contributed by atoms with Crippen LogP contribution in [0.2, 0.25) is 0 Å². The number of hydrogen-bond donors (Lipinski definition) is 1. The molecular weight excluding hydrogens is 268 g/mol. The molecule has 1 aromatic carbocycles. The largest absolute Gasteiger partial charge is 0.496 e. The molecule has 1 atom stereocenters. The smallest absolute Gasteiger partial charge is 0.133 e. The molecule has 0 bridgehead atoms. The van der Waals surface area contributed by atoms with E-state index in [-0.39, 0.29) is 12.0 Å². The molecule has 0 amide bonds. The van der Waals surface area contributed by atoms with Gasteiger partial charge in [-0.1, -0.05) is 19.1 Å². The Balaban J connectivity index is 2.90. The predicted octanol–water partition coefficient (Wildman–Crippen LogP) is 3.18. The van der Waals surface area contributed by atoms with Gasteiger partial charge in [-0.3, -0.25) is 0 Å². The first-order chi connectivity index (χ1) is 7.54. The summed E-state index contributed by atoms with van der Waals surface area (Å²) in [5.74, 6) is 0.813. The Labute approximate surface area is 105 Å². The van der Waals surface area contributed by atoms with Crippen LogP contribution in [0.15, 0.2) is 35.3 Å². The third-order valence-corrected chi connectivity index (χ3v) is 3.30. The molecule has 1 N–H and O–H groups in total. The summed E-state index contributed by atoms with van der Waals surface area (Å²) in [4.78, 5) is 0. The summed E-state index contributed by atoms with van der Waals surface area (Å²) in [5.41, 5.74) is 0.873. The van der Waals surface area contributed by atoms with E-state index in [1.54, 1.807) is 13.2 Å². The molecule has 1 rings (SSSR count). The molecule has 0 saturated carbocycles. The summed E-state index contributed by atoms with van der Waals surface area (Å²) < 4.78 is 6.09. The first kappa shape index (κ1) is 13.3. The van der Waals surface area contributed by atoms with Crippen LogP contribution in [-0.4, -0.2) is 18.8 Å². The van der Waals surface area contributed by atoms with Crippen LogP contribution in [-0.2, 0) is 6.42 Å². The SMILES string of the molecule is C=CC(C)(CO)Cc1ccc(OC)c(Br)c1. The second kappa shape index (κ2) is 5.51. The van der Waals surface area contributed by atoms with Gasteiger partial charge in [-0.2, -0.15) is 0 Å². The standard InChI is InChI=1S/C13H17BrO2/c1-4-13(2,9-15)8-10-5-6-12(16-3)11(14)7-10/h4-7,15H,1,8-9H2,2-3H3. The lowest BCUT2D eigenvalue weighted by atomic mass is 9.85. The molecular formula is C13H17BrO2. The van der Waals surface area contributed by atoms with E-state index in [2.05, 4.69) is 22.5 Å². The van der Waals surface area contributed by atoms with Crippen LogP contribution < -0.4 is 4.74 Å². The highest BCUT2D eigenvalue weighted by Gasteiger charge is 2.19. The Morgan fingerprint density at radius 1 is 1.56 bits per heavy atom. The van der Waals surface area contributed by atoms with Gasteiger partial charge in [0.2, 0.25) is 0 Å². The first-order valence-corrected chi connectivity index (χ1v) is 5.91. The minimum absolute atomic E-state index is 0.0974. The van der Waals surface area contributed by atoms with Crippen LogP contribution in [0.3, 0.4) is 0 Å². The van der Waals surface area contributed by atoms with Crippen molar-refractivity contribution in [3.63, 3.8) is 0 Å². The molecule has 1 aromatic rings. The van der Waals surface area contributed by atoms with Gasteiger partial charge in [-0.15, -0.1) is 6.58 Å². The summed E-state index contributed by atoms with van der Waals surface area (Å²) in [6, 6.07) is 5.93. The van der Waals surface area contributed by atoms with Crippen LogP contribution in [0, 0.1) is 5.41 Å². The average molecular weight is 285 g/mol. The number of benzene rings is 1. The van der Waals surface area contributed by atoms with Gasteiger partial charge in [0.1, 0.15) is 5.75 Å². The van der Waals surface area contributed by atoms with Crippen molar-refractivity contribution in [1.82, 2.24) is 0 Å². The summed E-state index contributed by atoms with van der Waals surface area (Å²) in [6.07, 6.45) is 2.56. The average Bonchev–Trinajstić information content (AvgIpc) is 2.29. The van der Waals surface area contributed by atoms with E-state index in [1.165, 1.54) is 0 Å². The van der Waals surface area contributed by atoms with Crippen molar-refractivity contribution < 1.29 is 9.84 Å². The quantitative estimate of drug-likeness (QED) is 0.842. The minimum atomic E-state index is -0.270. The fraction of sp³-hybridized carbons (Fsp3) is 0.385. The fourth-order valence-electron chi connectivity index (χ4n) is 1.48. The molecule has 0 aliphatic rings. The lowest BCUT2D eigenvalue weighted by Crippen LogP contribution is -2.21. The highest BCUT2D eigenvalue weighted by molar-refractivity contribution is 9.10. The molecule has 0 heterocycles. The second-order valence-corrected chi connectivity index (χ2v) is 5.02. The lowest BCUT2D eigenvalue weighted by molar-refractivity contribution is 0.184. The van der Waals surface area contributed by atoms with Gasteiger partial charge in [0.25, 0.3) is 0 Å². The number of aliphatic hydroxyl groups excluding tert-OH is 1. The van der Waals surface area contributed by atoms with E-state index in [0.717, 1.165) is 22.2 Å². The van der Waals surface area contributed by atoms with Crippen LogP contribution in [0.1, 0.15) is 12.5 Å². The van der Waals surface area contributed by atoms with Crippen molar-refractivity contribution in [2.45, 2.75) is 13.3 Å². The highest BCUT2D eigenvalue weighted by Crippen LogP contribution is 2.29. The normalized spacial score (nSPS) is 14.2. The van der Waals surface area contributed by atoms with Crippen molar-refractivity contribution >= 4 is 15.9 Å². The zero-order valence-corrected chi connectivity index (χ0v) is 11.3. The molecule has 0 fully saturated rings. The monoisotopic (exact) mass is 284 g/mol. The third-order valence-electron chi connectivity index (χ3n) is 2.68. The maximum atomic E-state index is 9.31. The van der Waals surface area contributed by atoms with Crippen molar-refractivity contribution in [2.75, 3.05) is 13.7 Å². The van der Waals surface area contributed by atoms with Gasteiger partial charge in [0, 0.05) is 5.41 Å². The maximum absolute atomic E-state index is 9.31. The third kappa shape index (κ3) is 3.09. The van der Waals surface area contributed by atoms with Gasteiger partial charge in [0.15, 0.2) is 0 Å². The molecule has 0 radical (unpaired) electrons. The fourth-order valence-corrected chi connectivity index (χ4v) is 2.07. The molecule has 0 aliphatic carbocycles. The van der Waals surface area contributed by atoms with Crippen molar-refractivity contribution in [3.05, 3.63) is 40.9 Å². The molecule has 3 heteroatoms. The minimum Gasteiger partial charge on any atom is -0.496 e. The van der Waals surface area contributed by atoms with Crippen LogP contribution in [0.4, 0.5) is 0 Å². The number of halogens is 1. The topological polar surface area (TPSA) is 29.5 Å². The number of aliphatic hydroxyl groups is 1. The Morgan fingerprint density at radius 2 is 2.25 bits per heavy atom. The van der Waals surface area contributed by atoms with E-state index in [1.807, 2.05) is 25.1 Å². The van der Waals surface area contributed by atoms with Crippen LogP contribution in [0.5, 0.6) is 5.75 Å². The zero-order chi connectivity index (χ0) is 12.2. The van der Waals surface area contributed by atoms with Gasteiger partial charge < -0.3 is 9.84 Å². The van der Waals surface area contributed by atoms with Crippen molar-refractivity contribution in [2.24, 2.45) is 5.41 Å². The Bertz CT molecular complexity index is 376. The van der Waals surface area contributed by atoms with E-state index >= 15 is 0 Å². The molecule has 0 saturated heterocycles. The van der Waals surface area contributed by atoms with E-state index in [9.17, 15) is 5.11 Å². The Hall–Kier alpha value is -0.800. The highest BCUT2D eigenvalue weighted by atomic mass is 79.9. The molecule has 2 nitrogen and oxygen atoms in total. The van der Waals surface area contributed by atoms with Crippen molar-refractivity contribution in [1.29, 1.82) is 0 Å². The molecule has 0 spiro atoms. The summed E-state index contributed by atoms with van der Waals surface area (Å²) in [7, 11) is 1.64. The van der Waals surface area contributed by atoms with E-state index in [4.69, 9.17) is 4.74 Å². The van der Waals surface area contributed by atoms with Crippen molar-refractivity contribution in [3.8, 4) is 5.75 Å². The molecule has 88 valence electrons. The van der Waals surface area contributed by atoms with Gasteiger partial charge >= 0.3 is 0 Å². The first-order valence-electron chi connectivity index (χ1n) is 5.11. The van der Waals surface area contributed by atoms with Gasteiger partial charge in [-0.25, -0.2) is 0 Å². The molecule has 0 aliphatic heterocycles. The van der Waals surface area contributed by atoms with E-state index in [0.29, 0.717) is 0 Å². The zero-order valence-electron chi connectivity index (χ0n) is 9.66. The van der Waals surface area contributed by atoms with Gasteiger partial charge in [0.05, 0.1) is 18.2 Å². The molecule has 1 unspecified atom stereocenters. The molecule has 0 aromatic heterocycles. The Morgan fingerprint density at radius 3 is 2.69 bits per heavy atom. The summed E-state index contributed by atoms with van der Waals surface area (Å²) in [6.45, 7) is 5.84. The summed E-state index contributed by atoms with van der Waals surface area (Å²) in [5, 5.41) is 9.31. The number of methoxy groups -OCH3 is 1. The predicted molar refractivity (Wildman–Crippen MR) is 69.8 cm³/mol. The summed E-state index contributed by atoms with van der Waals surface area (Å²) >= 11 is 3.45. The maximum Gasteiger partial charge on any atom is 0.133 e. The number of hydrogen-bond acceptors (Lipinski definition) is 2.